The van der Waals surface area contributed by atoms with E-state index in [4.69, 9.17) is 9.47 Å². The van der Waals surface area contributed by atoms with E-state index in [-0.39, 0.29) is 12.5 Å². The van der Waals surface area contributed by atoms with Crippen LogP contribution in [0, 0.1) is 11.8 Å². The van der Waals surface area contributed by atoms with Crippen LogP contribution in [0.1, 0.15) is 45.1 Å². The summed E-state index contributed by atoms with van der Waals surface area (Å²) in [6.07, 6.45) is 6.36. The normalized spacial score (nSPS) is 22.1. The van der Waals surface area contributed by atoms with Crippen molar-refractivity contribution in [1.82, 2.24) is 4.90 Å². The number of aryl methyl sites for hydroxylation is 1. The summed E-state index contributed by atoms with van der Waals surface area (Å²) in [7, 11) is 0. The fraction of sp³-hybridized carbons (Fsp3) is 0.696. The van der Waals surface area contributed by atoms with Crippen LogP contribution in [0.2, 0.25) is 0 Å². The molecule has 1 atom stereocenters. The molecule has 2 heterocycles. The molecular weight excluding hydrogens is 352 g/mol. The second-order valence-corrected chi connectivity index (χ2v) is 8.79. The molecule has 1 aromatic carbocycles. The van der Waals surface area contributed by atoms with Crippen molar-refractivity contribution < 1.29 is 14.3 Å². The lowest BCUT2D eigenvalue weighted by atomic mass is 10.0. The summed E-state index contributed by atoms with van der Waals surface area (Å²) in [4.78, 5) is 17.0. The van der Waals surface area contributed by atoms with Gasteiger partial charge < -0.3 is 19.3 Å². The Morgan fingerprint density at radius 2 is 1.96 bits per heavy atom. The molecule has 0 bridgehead atoms. The summed E-state index contributed by atoms with van der Waals surface area (Å²) in [5.74, 6) is 2.23. The molecule has 0 aromatic heterocycles. The number of rotatable bonds is 8. The van der Waals surface area contributed by atoms with Crippen LogP contribution >= 0.6 is 0 Å². The van der Waals surface area contributed by atoms with Crippen LogP contribution in [0.15, 0.2) is 18.2 Å². The molecule has 28 heavy (non-hydrogen) atoms. The third-order valence-electron chi connectivity index (χ3n) is 6.25. The van der Waals surface area contributed by atoms with Crippen molar-refractivity contribution in [2.24, 2.45) is 11.8 Å². The molecule has 0 N–H and O–H groups in total. The first-order chi connectivity index (χ1) is 13.6. The largest absolute Gasteiger partial charge is 0.481 e. The van der Waals surface area contributed by atoms with Crippen molar-refractivity contribution in [2.45, 2.75) is 52.1 Å². The number of ether oxygens (including phenoxy) is 2. The lowest BCUT2D eigenvalue weighted by molar-refractivity contribution is -0.121. The van der Waals surface area contributed by atoms with Gasteiger partial charge in [0, 0.05) is 32.8 Å². The number of hydrogen-bond acceptors (Lipinski definition) is 4. The summed E-state index contributed by atoms with van der Waals surface area (Å²) < 4.78 is 11.8. The van der Waals surface area contributed by atoms with E-state index in [1.54, 1.807) is 0 Å². The monoisotopic (exact) mass is 386 g/mol. The fourth-order valence-electron chi connectivity index (χ4n) is 4.40. The Kier molecular flexibility index (Phi) is 6.22. The van der Waals surface area contributed by atoms with Gasteiger partial charge in [-0.15, -0.1) is 0 Å². The fourth-order valence-corrected chi connectivity index (χ4v) is 4.40. The van der Waals surface area contributed by atoms with E-state index in [9.17, 15) is 4.79 Å². The number of para-hydroxylation sites is 1. The van der Waals surface area contributed by atoms with Gasteiger partial charge in [0.2, 0.25) is 0 Å². The molecule has 1 saturated carbocycles. The minimum atomic E-state index is 0.0692. The predicted octanol–water partition coefficient (Wildman–Crippen LogP) is 3.50. The second kappa shape index (κ2) is 8.83. The number of hydrogen-bond donors (Lipinski definition) is 0. The van der Waals surface area contributed by atoms with Crippen molar-refractivity contribution >= 4 is 11.6 Å². The predicted molar refractivity (Wildman–Crippen MR) is 111 cm³/mol. The SMILES string of the molecule is CCc1cccc2c1OCC(=O)N2C[C@H](C)CN1CCC(OCC2CC2)CC1. The zero-order chi connectivity index (χ0) is 19.5. The van der Waals surface area contributed by atoms with Gasteiger partial charge in [0.1, 0.15) is 5.75 Å². The van der Waals surface area contributed by atoms with Crippen LogP contribution in [0.3, 0.4) is 0 Å². The van der Waals surface area contributed by atoms with Gasteiger partial charge in [0.05, 0.1) is 11.8 Å². The van der Waals surface area contributed by atoms with Crippen LogP contribution < -0.4 is 9.64 Å². The summed E-state index contributed by atoms with van der Waals surface area (Å²) in [6.45, 7) is 9.49. The van der Waals surface area contributed by atoms with Crippen LogP contribution in [0.5, 0.6) is 5.75 Å². The van der Waals surface area contributed by atoms with Crippen molar-refractivity contribution in [3.63, 3.8) is 0 Å². The maximum atomic E-state index is 12.5. The second-order valence-electron chi connectivity index (χ2n) is 8.79. The average Bonchev–Trinajstić information content (AvgIpc) is 3.53. The van der Waals surface area contributed by atoms with Gasteiger partial charge in [0.15, 0.2) is 6.61 Å². The Balaban J connectivity index is 1.29. The molecule has 3 aliphatic rings. The molecule has 2 aliphatic heterocycles. The van der Waals surface area contributed by atoms with Crippen LogP contribution in [-0.2, 0) is 16.0 Å². The van der Waals surface area contributed by atoms with E-state index < -0.39 is 0 Å². The van der Waals surface area contributed by atoms with Crippen LogP contribution in [0.25, 0.3) is 0 Å². The topological polar surface area (TPSA) is 42.0 Å². The molecule has 5 heteroatoms. The van der Waals surface area contributed by atoms with Gasteiger partial charge in [0.25, 0.3) is 5.91 Å². The summed E-state index contributed by atoms with van der Waals surface area (Å²) in [6, 6.07) is 6.14. The Labute approximate surface area is 169 Å². The first-order valence-electron chi connectivity index (χ1n) is 11.0. The molecule has 2 fully saturated rings. The number of amides is 1. The zero-order valence-corrected chi connectivity index (χ0v) is 17.4. The zero-order valence-electron chi connectivity index (χ0n) is 17.4. The number of carbonyl (C=O) groups is 1. The van der Waals surface area contributed by atoms with Crippen molar-refractivity contribution in [3.05, 3.63) is 23.8 Å². The van der Waals surface area contributed by atoms with Crippen molar-refractivity contribution in [2.75, 3.05) is 44.3 Å². The number of fused-ring (bicyclic) bond motifs is 1. The van der Waals surface area contributed by atoms with Gasteiger partial charge in [-0.05, 0) is 55.6 Å². The number of carbonyl (C=O) groups excluding carboxylic acids is 1. The maximum Gasteiger partial charge on any atom is 0.265 e. The first kappa shape index (κ1) is 19.7. The molecular formula is C23H34N2O3. The minimum Gasteiger partial charge on any atom is -0.481 e. The van der Waals surface area contributed by atoms with E-state index in [0.717, 1.165) is 69.4 Å². The van der Waals surface area contributed by atoms with Gasteiger partial charge >= 0.3 is 0 Å². The smallest absolute Gasteiger partial charge is 0.265 e. The Bertz CT molecular complexity index is 680. The Morgan fingerprint density at radius 1 is 1.18 bits per heavy atom. The average molecular weight is 387 g/mol. The quantitative estimate of drug-likeness (QED) is 0.686. The molecule has 5 nitrogen and oxygen atoms in total. The number of nitrogens with zero attached hydrogens (tertiary/aromatic N) is 2. The van der Waals surface area contributed by atoms with Gasteiger partial charge in [-0.1, -0.05) is 26.0 Å². The molecule has 0 spiro atoms. The highest BCUT2D eigenvalue weighted by atomic mass is 16.5. The van der Waals surface area contributed by atoms with Gasteiger partial charge in [-0.2, -0.15) is 0 Å². The highest BCUT2D eigenvalue weighted by Gasteiger charge is 2.29. The maximum absolute atomic E-state index is 12.5. The summed E-state index contributed by atoms with van der Waals surface area (Å²) in [5.41, 5.74) is 2.12. The molecule has 4 rings (SSSR count). The molecule has 154 valence electrons. The molecule has 1 aromatic rings. The third kappa shape index (κ3) is 4.69. The van der Waals surface area contributed by atoms with Crippen LogP contribution in [0.4, 0.5) is 5.69 Å². The highest BCUT2D eigenvalue weighted by Crippen LogP contribution is 2.36. The minimum absolute atomic E-state index is 0.0692. The number of benzene rings is 1. The van der Waals surface area contributed by atoms with Gasteiger partial charge in [-0.25, -0.2) is 0 Å². The van der Waals surface area contributed by atoms with E-state index >= 15 is 0 Å². The molecule has 1 saturated heterocycles. The molecule has 1 amide bonds. The van der Waals surface area contributed by atoms with E-state index in [1.807, 2.05) is 17.0 Å². The molecule has 1 aliphatic carbocycles. The lowest BCUT2D eigenvalue weighted by Crippen LogP contribution is -2.45. The summed E-state index contributed by atoms with van der Waals surface area (Å²) in [5, 5.41) is 0. The lowest BCUT2D eigenvalue weighted by Gasteiger charge is -2.36. The van der Waals surface area contributed by atoms with Crippen molar-refractivity contribution in [3.8, 4) is 5.75 Å². The highest BCUT2D eigenvalue weighted by molar-refractivity contribution is 5.98. The third-order valence-corrected chi connectivity index (χ3v) is 6.25. The van der Waals surface area contributed by atoms with Crippen molar-refractivity contribution in [1.29, 1.82) is 0 Å². The van der Waals surface area contributed by atoms with Crippen LogP contribution in [-0.4, -0.2) is 56.3 Å². The number of piperidine rings is 1. The van der Waals surface area contributed by atoms with E-state index in [2.05, 4.69) is 24.8 Å². The number of anilines is 1. The number of likely N-dealkylation sites (tertiary alicyclic amines) is 1. The van der Waals surface area contributed by atoms with E-state index in [0.29, 0.717) is 12.0 Å². The first-order valence-corrected chi connectivity index (χ1v) is 11.0. The molecule has 0 radical (unpaired) electrons. The van der Waals surface area contributed by atoms with Gasteiger partial charge in [-0.3, -0.25) is 4.79 Å². The summed E-state index contributed by atoms with van der Waals surface area (Å²) >= 11 is 0. The molecule has 0 unspecified atom stereocenters. The Morgan fingerprint density at radius 3 is 2.68 bits per heavy atom. The standard InChI is InChI=1S/C23H34N2O3/c1-3-19-5-4-6-21-23(19)28-16-22(26)25(21)14-17(2)13-24-11-9-20(10-12-24)27-15-18-7-8-18/h4-6,17-18,20H,3,7-16H2,1-2H3/t17-/m1/s1. The van der Waals surface area contributed by atoms with E-state index in [1.165, 1.54) is 18.4 Å². The Hall–Kier alpha value is -1.59.